The van der Waals surface area contributed by atoms with Gasteiger partial charge in [0.15, 0.2) is 11.6 Å². The lowest BCUT2D eigenvalue weighted by Crippen LogP contribution is -2.63. The number of carbonyl (C=O) groups is 1. The molecule has 1 aromatic carbocycles. The van der Waals surface area contributed by atoms with E-state index in [0.717, 1.165) is 6.20 Å². The first kappa shape index (κ1) is 17.2. The molecule has 1 fully saturated rings. The molecule has 0 amide bonds. The number of fused-ring (bicyclic) bond motifs is 1. The van der Waals surface area contributed by atoms with E-state index in [2.05, 4.69) is 0 Å². The number of aromatic nitrogens is 1. The van der Waals surface area contributed by atoms with Gasteiger partial charge in [-0.15, -0.1) is 0 Å². The number of pyridine rings is 1. The molecular weight excluding hydrogens is 334 g/mol. The van der Waals surface area contributed by atoms with Crippen LogP contribution in [0.2, 0.25) is 0 Å². The Labute approximate surface area is 141 Å². The molecule has 1 saturated heterocycles. The number of halogens is 2. The molecule has 1 aromatic heterocycles. The van der Waals surface area contributed by atoms with Crippen molar-refractivity contribution in [2.75, 3.05) is 17.2 Å². The lowest BCUT2D eigenvalue weighted by atomic mass is 9.96. The third kappa shape index (κ3) is 2.26. The highest BCUT2D eigenvalue weighted by atomic mass is 19.1. The van der Waals surface area contributed by atoms with E-state index in [4.69, 9.17) is 16.6 Å². The van der Waals surface area contributed by atoms with Crippen molar-refractivity contribution in [2.45, 2.75) is 32.5 Å². The molecule has 1 aliphatic heterocycles. The molecule has 0 spiro atoms. The van der Waals surface area contributed by atoms with Gasteiger partial charge < -0.3 is 26.0 Å². The lowest BCUT2D eigenvalue weighted by Gasteiger charge is -2.46. The van der Waals surface area contributed by atoms with Crippen molar-refractivity contribution in [1.29, 1.82) is 0 Å². The third-order valence-corrected chi connectivity index (χ3v) is 4.79. The van der Waals surface area contributed by atoms with Crippen molar-refractivity contribution in [3.05, 3.63) is 33.6 Å². The van der Waals surface area contributed by atoms with Gasteiger partial charge in [0, 0.05) is 31.4 Å². The minimum atomic E-state index is -1.49. The molecule has 3 rings (SSSR count). The molecule has 0 unspecified atom stereocenters. The highest BCUT2D eigenvalue weighted by molar-refractivity contribution is 5.99. The van der Waals surface area contributed by atoms with E-state index in [1.165, 1.54) is 9.47 Å². The molecule has 7 nitrogen and oxygen atoms in total. The van der Waals surface area contributed by atoms with Gasteiger partial charge in [-0.3, -0.25) is 4.79 Å². The van der Waals surface area contributed by atoms with Crippen molar-refractivity contribution < 1.29 is 18.7 Å². The number of nitrogens with two attached hydrogens (primary N) is 2. The molecule has 9 heteroatoms. The Kier molecular flexibility index (Phi) is 3.91. The van der Waals surface area contributed by atoms with Crippen LogP contribution >= 0.6 is 0 Å². The van der Waals surface area contributed by atoms with Crippen LogP contribution in [0, 0.1) is 11.6 Å². The average Bonchev–Trinajstić information content (AvgIpc) is 2.58. The van der Waals surface area contributed by atoms with Crippen molar-refractivity contribution in [2.24, 2.45) is 5.73 Å². The van der Waals surface area contributed by atoms with Gasteiger partial charge in [-0.05, 0) is 13.8 Å². The molecule has 134 valence electrons. The Morgan fingerprint density at radius 1 is 1.40 bits per heavy atom. The van der Waals surface area contributed by atoms with Crippen LogP contribution in [0.15, 0.2) is 11.0 Å². The largest absolute Gasteiger partial charge is 0.477 e. The Hall–Kier alpha value is -2.68. The first-order valence-corrected chi connectivity index (χ1v) is 7.79. The molecule has 5 N–H and O–H groups in total. The van der Waals surface area contributed by atoms with Crippen molar-refractivity contribution in [3.63, 3.8) is 0 Å². The first-order valence-electron chi connectivity index (χ1n) is 7.79. The van der Waals surface area contributed by atoms with Gasteiger partial charge in [-0.1, -0.05) is 0 Å². The third-order valence-electron chi connectivity index (χ3n) is 4.79. The van der Waals surface area contributed by atoms with Crippen molar-refractivity contribution in [1.82, 2.24) is 4.57 Å². The maximum Gasteiger partial charge on any atom is 0.341 e. The van der Waals surface area contributed by atoms with E-state index < -0.39 is 39.7 Å². The van der Waals surface area contributed by atoms with Crippen molar-refractivity contribution in [3.8, 4) is 0 Å². The summed E-state index contributed by atoms with van der Waals surface area (Å²) in [5.74, 6) is -3.51. The van der Waals surface area contributed by atoms with Gasteiger partial charge in [0.2, 0.25) is 5.43 Å². The second kappa shape index (κ2) is 5.69. The molecule has 2 heterocycles. The van der Waals surface area contributed by atoms with Crippen LogP contribution in [-0.2, 0) is 6.54 Å². The monoisotopic (exact) mass is 352 g/mol. The van der Waals surface area contributed by atoms with Gasteiger partial charge in [0.1, 0.15) is 11.3 Å². The Morgan fingerprint density at radius 3 is 2.52 bits per heavy atom. The number of carboxylic acids is 1. The zero-order valence-electron chi connectivity index (χ0n) is 13.7. The van der Waals surface area contributed by atoms with Crippen LogP contribution in [-0.4, -0.2) is 34.3 Å². The number of nitrogens with zero attached hydrogens (tertiary/aromatic N) is 2. The van der Waals surface area contributed by atoms with Crippen molar-refractivity contribution >= 4 is 28.2 Å². The van der Waals surface area contributed by atoms with E-state index in [9.17, 15) is 14.0 Å². The second-order valence-electron chi connectivity index (χ2n) is 6.13. The molecular formula is C16H18F2N4O3. The molecule has 0 saturated carbocycles. The smallest absolute Gasteiger partial charge is 0.341 e. The van der Waals surface area contributed by atoms with Crippen LogP contribution in [0.3, 0.4) is 0 Å². The van der Waals surface area contributed by atoms with Crippen LogP contribution < -0.4 is 21.8 Å². The highest BCUT2D eigenvalue weighted by Crippen LogP contribution is 2.38. The zero-order chi connectivity index (χ0) is 18.6. The number of hydrogen-bond acceptors (Lipinski definition) is 5. The predicted octanol–water partition coefficient (Wildman–Crippen LogP) is 1.12. The van der Waals surface area contributed by atoms with Crippen LogP contribution in [0.1, 0.15) is 24.2 Å². The van der Waals surface area contributed by atoms with Crippen LogP contribution in [0.25, 0.3) is 10.9 Å². The number of anilines is 2. The Balaban J connectivity index is 2.44. The minimum absolute atomic E-state index is 0.174. The highest BCUT2D eigenvalue weighted by Gasteiger charge is 2.38. The number of nitrogen functional groups attached to an aromatic ring is 1. The molecule has 1 aliphatic rings. The zero-order valence-corrected chi connectivity index (χ0v) is 13.7. The quantitative estimate of drug-likeness (QED) is 0.713. The topological polar surface area (TPSA) is 115 Å². The maximum absolute atomic E-state index is 15.2. The molecule has 0 bridgehead atoms. The standard InChI is InChI=1S/C16H18F2N4O3/c1-3-21-4-7(16(24)25)15(23)9-12(20)10(17)14(11(18)13(9)21)22-5-8(19)6(22)2/h4,6,8H,3,5,19-20H2,1-2H3,(H,24,25)/t6-,8+/m0/s1. The van der Waals surface area contributed by atoms with E-state index in [1.54, 1.807) is 13.8 Å². The summed E-state index contributed by atoms with van der Waals surface area (Å²) in [6.07, 6.45) is 1.04. The maximum atomic E-state index is 15.2. The number of carboxylic acid groups (broad SMARTS) is 1. The lowest BCUT2D eigenvalue weighted by molar-refractivity contribution is 0.0695. The van der Waals surface area contributed by atoms with E-state index in [0.29, 0.717) is 0 Å². The molecule has 2 aromatic rings. The number of hydrogen-bond donors (Lipinski definition) is 3. The summed E-state index contributed by atoms with van der Waals surface area (Å²) in [4.78, 5) is 25.1. The van der Waals surface area contributed by atoms with E-state index in [-0.39, 0.29) is 36.4 Å². The molecule has 25 heavy (non-hydrogen) atoms. The summed E-state index contributed by atoms with van der Waals surface area (Å²) in [6.45, 7) is 3.81. The normalized spacial score (nSPS) is 20.0. The van der Waals surface area contributed by atoms with E-state index in [1.807, 2.05) is 0 Å². The van der Waals surface area contributed by atoms with Gasteiger partial charge >= 0.3 is 5.97 Å². The molecule has 0 radical (unpaired) electrons. The fourth-order valence-electron chi connectivity index (χ4n) is 3.18. The molecule has 0 aliphatic carbocycles. The second-order valence-corrected chi connectivity index (χ2v) is 6.13. The van der Waals surface area contributed by atoms with Gasteiger partial charge in [-0.2, -0.15) is 0 Å². The SMILES string of the molecule is CCn1cc(C(=O)O)c(=O)c2c(N)c(F)c(N3C[C@@H](N)[C@@H]3C)c(F)c21. The first-order chi connectivity index (χ1) is 11.7. The minimum Gasteiger partial charge on any atom is -0.477 e. The van der Waals surface area contributed by atoms with Gasteiger partial charge in [0.05, 0.1) is 16.6 Å². The van der Waals surface area contributed by atoms with Gasteiger partial charge in [0.25, 0.3) is 0 Å². The fourth-order valence-corrected chi connectivity index (χ4v) is 3.18. The summed E-state index contributed by atoms with van der Waals surface area (Å²) in [5.41, 5.74) is 8.85. The summed E-state index contributed by atoms with van der Waals surface area (Å²) in [7, 11) is 0. The number of rotatable bonds is 3. The average molecular weight is 352 g/mol. The summed E-state index contributed by atoms with van der Waals surface area (Å²) in [6, 6.07) is -0.514. The summed E-state index contributed by atoms with van der Waals surface area (Å²) < 4.78 is 31.2. The van der Waals surface area contributed by atoms with E-state index >= 15 is 4.39 Å². The van der Waals surface area contributed by atoms with Crippen LogP contribution in [0.4, 0.5) is 20.2 Å². The van der Waals surface area contributed by atoms with Gasteiger partial charge in [-0.25, -0.2) is 13.6 Å². The molecule has 2 atom stereocenters. The number of aryl methyl sites for hydroxylation is 1. The van der Waals surface area contributed by atoms with Crippen LogP contribution in [0.5, 0.6) is 0 Å². The Morgan fingerprint density at radius 2 is 2.04 bits per heavy atom. The predicted molar refractivity (Wildman–Crippen MR) is 90.0 cm³/mol. The fraction of sp³-hybridized carbons (Fsp3) is 0.375. The number of benzene rings is 1. The summed E-state index contributed by atoms with van der Waals surface area (Å²) in [5, 5.41) is 8.70. The number of aromatic carboxylic acids is 1. The Bertz CT molecular complexity index is 957. The summed E-state index contributed by atoms with van der Waals surface area (Å²) >= 11 is 0.